The highest BCUT2D eigenvalue weighted by Gasteiger charge is 2.26. The van der Waals surface area contributed by atoms with Crippen LogP contribution in [-0.4, -0.2) is 52.3 Å². The van der Waals surface area contributed by atoms with Crippen molar-refractivity contribution in [1.82, 2.24) is 14.5 Å². The highest BCUT2D eigenvalue weighted by atomic mass is 32.1. The second-order valence-electron chi connectivity index (χ2n) is 8.57. The smallest absolute Gasteiger partial charge is 0.350 e. The number of hydrogen-bond donors (Lipinski definition) is 1. The van der Waals surface area contributed by atoms with E-state index in [-0.39, 0.29) is 5.97 Å². The van der Waals surface area contributed by atoms with Crippen molar-refractivity contribution in [2.75, 3.05) is 32.1 Å². The number of nitrogens with one attached hydrogen (secondary N) is 1. The van der Waals surface area contributed by atoms with Crippen molar-refractivity contribution in [3.8, 4) is 0 Å². The van der Waals surface area contributed by atoms with E-state index in [1.807, 2.05) is 35.8 Å². The van der Waals surface area contributed by atoms with Gasteiger partial charge in [-0.2, -0.15) is 0 Å². The molecule has 0 unspecified atom stereocenters. The van der Waals surface area contributed by atoms with Crippen LogP contribution in [0.3, 0.4) is 0 Å². The number of imidazole rings is 1. The van der Waals surface area contributed by atoms with Crippen molar-refractivity contribution in [2.45, 2.75) is 44.8 Å². The maximum Gasteiger partial charge on any atom is 0.350 e. The fraction of sp³-hybridized carbons (Fsp3) is 0.423. The van der Waals surface area contributed by atoms with Gasteiger partial charge in [-0.1, -0.05) is 30.3 Å². The summed E-state index contributed by atoms with van der Waals surface area (Å²) in [5.74, 6) is 1.24. The van der Waals surface area contributed by atoms with E-state index >= 15 is 0 Å². The summed E-state index contributed by atoms with van der Waals surface area (Å²) in [4.78, 5) is 19.3. The van der Waals surface area contributed by atoms with Crippen LogP contribution < -0.4 is 5.32 Å². The number of thiophene rings is 1. The van der Waals surface area contributed by atoms with Crippen molar-refractivity contribution < 1.29 is 14.3 Å². The number of thiocarbonyl (C=S) groups is 1. The first-order valence-corrected chi connectivity index (χ1v) is 13.3. The van der Waals surface area contributed by atoms with E-state index in [0.717, 1.165) is 51.9 Å². The Bertz CT molecular complexity index is 1090. The first-order valence-electron chi connectivity index (χ1n) is 12.0. The molecule has 1 aromatic carbocycles. The lowest BCUT2D eigenvalue weighted by Crippen LogP contribution is -2.40. The van der Waals surface area contributed by atoms with Gasteiger partial charge in [0.05, 0.1) is 19.4 Å². The molecular weight excluding hydrogens is 480 g/mol. The van der Waals surface area contributed by atoms with E-state index in [2.05, 4.69) is 38.1 Å². The molecule has 0 atom stereocenters. The fourth-order valence-electron chi connectivity index (χ4n) is 4.31. The van der Waals surface area contributed by atoms with Gasteiger partial charge < -0.3 is 24.3 Å². The molecule has 1 saturated heterocycles. The Morgan fingerprint density at radius 1 is 1.20 bits per heavy atom. The maximum atomic E-state index is 11.9. The summed E-state index contributed by atoms with van der Waals surface area (Å²) in [6.07, 6.45) is 8.07. The van der Waals surface area contributed by atoms with Gasteiger partial charge in [-0.15, -0.1) is 11.3 Å². The van der Waals surface area contributed by atoms with E-state index in [1.54, 1.807) is 0 Å². The largest absolute Gasteiger partial charge is 0.465 e. The first-order chi connectivity index (χ1) is 17.2. The summed E-state index contributed by atoms with van der Waals surface area (Å²) in [6.45, 7) is 4.11. The Balaban J connectivity index is 1.19. The van der Waals surface area contributed by atoms with Gasteiger partial charge >= 0.3 is 5.97 Å². The lowest BCUT2D eigenvalue weighted by atomic mass is 9.96. The van der Waals surface area contributed by atoms with Crippen LogP contribution in [0, 0.1) is 0 Å². The van der Waals surface area contributed by atoms with Crippen LogP contribution in [0.15, 0.2) is 54.2 Å². The first kappa shape index (κ1) is 25.3. The molecule has 186 valence electrons. The van der Waals surface area contributed by atoms with Crippen LogP contribution in [0.1, 0.15) is 52.7 Å². The van der Waals surface area contributed by atoms with E-state index in [0.29, 0.717) is 28.2 Å². The van der Waals surface area contributed by atoms with Crippen molar-refractivity contribution in [2.24, 2.45) is 0 Å². The van der Waals surface area contributed by atoms with Crippen LogP contribution in [-0.2, 0) is 22.6 Å². The monoisotopic (exact) mass is 512 g/mol. The summed E-state index contributed by atoms with van der Waals surface area (Å²) >= 11 is 6.97. The van der Waals surface area contributed by atoms with Gasteiger partial charge in [0, 0.05) is 44.6 Å². The van der Waals surface area contributed by atoms with Gasteiger partial charge in [0.15, 0.2) is 5.11 Å². The van der Waals surface area contributed by atoms with E-state index in [9.17, 15) is 4.79 Å². The van der Waals surface area contributed by atoms with Gasteiger partial charge in [-0.05, 0) is 54.9 Å². The summed E-state index contributed by atoms with van der Waals surface area (Å²) < 4.78 is 13.0. The number of likely N-dealkylation sites (tertiary alicyclic amines) is 1. The third-order valence-corrected chi connectivity index (χ3v) is 7.48. The number of piperidine rings is 1. The molecule has 35 heavy (non-hydrogen) atoms. The molecule has 0 aliphatic carbocycles. The SMILES string of the molecule is COC(=O)c1sccc1NC(=S)N1CCC(c2nccn2CCCCOCc2ccccc2)CC1. The third-order valence-electron chi connectivity index (χ3n) is 6.22. The Labute approximate surface area is 216 Å². The van der Waals surface area contributed by atoms with E-state index < -0.39 is 0 Å². The molecule has 1 aliphatic heterocycles. The number of aromatic nitrogens is 2. The number of hydrogen-bond acceptors (Lipinski definition) is 6. The van der Waals surface area contributed by atoms with Gasteiger partial charge in [-0.3, -0.25) is 0 Å². The Morgan fingerprint density at radius 2 is 2.00 bits per heavy atom. The van der Waals surface area contributed by atoms with Gasteiger partial charge in [0.25, 0.3) is 0 Å². The number of esters is 1. The number of anilines is 1. The fourth-order valence-corrected chi connectivity index (χ4v) is 5.37. The molecule has 2 aromatic heterocycles. The Kier molecular flexibility index (Phi) is 9.28. The second-order valence-corrected chi connectivity index (χ2v) is 9.87. The van der Waals surface area contributed by atoms with Crippen LogP contribution in [0.25, 0.3) is 0 Å². The van der Waals surface area contributed by atoms with Gasteiger partial charge in [0.2, 0.25) is 0 Å². The van der Waals surface area contributed by atoms with Crippen LogP contribution in [0.5, 0.6) is 0 Å². The van der Waals surface area contributed by atoms with Crippen molar-refractivity contribution in [1.29, 1.82) is 0 Å². The maximum absolute atomic E-state index is 11.9. The average Bonchev–Trinajstić information content (AvgIpc) is 3.56. The number of aryl methyl sites for hydroxylation is 1. The molecule has 4 rings (SSSR count). The molecule has 9 heteroatoms. The van der Waals surface area contributed by atoms with Gasteiger partial charge in [0.1, 0.15) is 10.7 Å². The predicted octanol–water partition coefficient (Wildman–Crippen LogP) is 5.30. The zero-order chi connectivity index (χ0) is 24.5. The molecule has 1 aliphatic rings. The minimum atomic E-state index is -0.349. The molecule has 0 bridgehead atoms. The number of nitrogens with zero attached hydrogens (tertiary/aromatic N) is 3. The summed E-state index contributed by atoms with van der Waals surface area (Å²) in [5, 5.41) is 5.73. The average molecular weight is 513 g/mol. The number of rotatable bonds is 10. The zero-order valence-corrected chi connectivity index (χ0v) is 21.7. The standard InChI is InChI=1S/C26H32N4O3S2/c1-32-25(31)23-22(11-18-35-23)28-26(34)30-14-9-21(10-15-30)24-27-12-16-29(24)13-5-6-17-33-19-20-7-3-2-4-8-20/h2-4,7-8,11-12,16,18,21H,5-6,9-10,13-15,17,19H2,1H3,(H,28,34). The van der Waals surface area contributed by atoms with Crippen molar-refractivity contribution >= 4 is 40.3 Å². The molecule has 0 amide bonds. The topological polar surface area (TPSA) is 68.6 Å². The number of benzene rings is 1. The molecule has 3 heterocycles. The number of carbonyl (C=O) groups is 1. The lowest BCUT2D eigenvalue weighted by molar-refractivity contribution is 0.0607. The minimum Gasteiger partial charge on any atom is -0.465 e. The summed E-state index contributed by atoms with van der Waals surface area (Å²) in [6, 6.07) is 12.1. The Hall–Kier alpha value is -2.75. The number of unbranched alkanes of at least 4 members (excludes halogenated alkanes) is 1. The van der Waals surface area contributed by atoms with Gasteiger partial charge in [-0.25, -0.2) is 9.78 Å². The highest BCUT2D eigenvalue weighted by molar-refractivity contribution is 7.80. The molecule has 1 fully saturated rings. The molecule has 7 nitrogen and oxygen atoms in total. The van der Waals surface area contributed by atoms with Crippen LogP contribution >= 0.6 is 23.6 Å². The number of ether oxygens (including phenoxy) is 2. The number of methoxy groups -OCH3 is 1. The molecular formula is C26H32N4O3S2. The summed E-state index contributed by atoms with van der Waals surface area (Å²) in [5.41, 5.74) is 1.92. The molecule has 3 aromatic rings. The lowest BCUT2D eigenvalue weighted by Gasteiger charge is -2.33. The molecule has 0 spiro atoms. The van der Waals surface area contributed by atoms with Crippen molar-refractivity contribution in [3.63, 3.8) is 0 Å². The molecule has 1 N–H and O–H groups in total. The van der Waals surface area contributed by atoms with E-state index in [4.69, 9.17) is 21.7 Å². The summed E-state index contributed by atoms with van der Waals surface area (Å²) in [7, 11) is 1.39. The van der Waals surface area contributed by atoms with Crippen LogP contribution in [0.4, 0.5) is 5.69 Å². The third kappa shape index (κ3) is 6.90. The van der Waals surface area contributed by atoms with Crippen molar-refractivity contribution in [3.05, 3.63) is 70.4 Å². The highest BCUT2D eigenvalue weighted by Crippen LogP contribution is 2.29. The predicted molar refractivity (Wildman–Crippen MR) is 143 cm³/mol. The minimum absolute atomic E-state index is 0.349. The van der Waals surface area contributed by atoms with E-state index in [1.165, 1.54) is 29.8 Å². The molecule has 0 saturated carbocycles. The molecule has 0 radical (unpaired) electrons. The number of carbonyl (C=O) groups excluding carboxylic acids is 1. The van der Waals surface area contributed by atoms with Crippen LogP contribution in [0.2, 0.25) is 0 Å². The normalized spacial score (nSPS) is 14.1. The Morgan fingerprint density at radius 3 is 2.77 bits per heavy atom. The zero-order valence-electron chi connectivity index (χ0n) is 20.0. The second kappa shape index (κ2) is 12.8. The quantitative estimate of drug-likeness (QED) is 0.224.